The third-order valence-electron chi connectivity index (χ3n) is 5.35. The fraction of sp³-hybridized carbons (Fsp3) is 0.292. The summed E-state index contributed by atoms with van der Waals surface area (Å²) in [5, 5.41) is 7.60. The Kier molecular flexibility index (Phi) is 7.14. The number of anilines is 1. The summed E-state index contributed by atoms with van der Waals surface area (Å²) >= 11 is 1.33. The fourth-order valence-corrected chi connectivity index (χ4v) is 4.49. The lowest BCUT2D eigenvalue weighted by molar-refractivity contribution is -0.116. The van der Waals surface area contributed by atoms with Crippen molar-refractivity contribution in [1.29, 1.82) is 0 Å². The predicted octanol–water partition coefficient (Wildman–Crippen LogP) is 5.57. The minimum absolute atomic E-state index is 0.0799. The van der Waals surface area contributed by atoms with Crippen LogP contribution in [0.4, 0.5) is 10.1 Å². The van der Waals surface area contributed by atoms with Crippen molar-refractivity contribution in [2.45, 2.75) is 43.3 Å². The highest BCUT2D eigenvalue weighted by Crippen LogP contribution is 2.28. The maximum atomic E-state index is 13.2. The average Bonchev–Trinajstić information content (AvgIpc) is 3.27. The second-order valence-electron chi connectivity index (χ2n) is 7.57. The number of H-pyrrole nitrogens is 1. The Balaban J connectivity index is 1.39. The first-order chi connectivity index (χ1) is 15.2. The number of halogens is 1. The van der Waals surface area contributed by atoms with Gasteiger partial charge in [-0.25, -0.2) is 9.37 Å². The van der Waals surface area contributed by atoms with Gasteiger partial charge in [0.2, 0.25) is 11.1 Å². The zero-order valence-electron chi connectivity index (χ0n) is 17.2. The van der Waals surface area contributed by atoms with Gasteiger partial charge < -0.3 is 4.90 Å². The van der Waals surface area contributed by atoms with Gasteiger partial charge in [0, 0.05) is 11.7 Å². The topological polar surface area (TPSA) is 61.9 Å². The van der Waals surface area contributed by atoms with Crippen LogP contribution in [0.15, 0.2) is 59.8 Å². The summed E-state index contributed by atoms with van der Waals surface area (Å²) in [6.45, 7) is 0. The van der Waals surface area contributed by atoms with Crippen molar-refractivity contribution in [3.63, 3.8) is 0 Å². The Bertz CT molecular complexity index is 1010. The SMILES string of the molecule is O=C(CSc1n[nH]c(/C=C/c2ccc(F)cc2)n1)N(c1ccccc1)C1CCCCC1. The predicted molar refractivity (Wildman–Crippen MR) is 123 cm³/mol. The molecule has 0 radical (unpaired) electrons. The highest BCUT2D eigenvalue weighted by atomic mass is 32.2. The lowest BCUT2D eigenvalue weighted by Gasteiger charge is -2.34. The molecule has 1 aromatic heterocycles. The monoisotopic (exact) mass is 436 g/mol. The third kappa shape index (κ3) is 5.82. The number of nitrogens with one attached hydrogen (secondary N) is 1. The summed E-state index contributed by atoms with van der Waals surface area (Å²) in [5.41, 5.74) is 1.83. The van der Waals surface area contributed by atoms with Gasteiger partial charge in [-0.2, -0.15) is 0 Å². The fourth-order valence-electron chi connectivity index (χ4n) is 3.83. The van der Waals surface area contributed by atoms with Gasteiger partial charge in [-0.1, -0.05) is 67.4 Å². The molecule has 160 valence electrons. The number of aromatic amines is 1. The van der Waals surface area contributed by atoms with Crippen molar-refractivity contribution >= 4 is 35.5 Å². The molecule has 7 heteroatoms. The number of aromatic nitrogens is 3. The second kappa shape index (κ2) is 10.4. The van der Waals surface area contributed by atoms with Crippen LogP contribution in [0.1, 0.15) is 43.5 Å². The van der Waals surface area contributed by atoms with Crippen molar-refractivity contribution in [3.8, 4) is 0 Å². The minimum atomic E-state index is -0.266. The molecular weight excluding hydrogens is 411 g/mol. The van der Waals surface area contributed by atoms with E-state index in [9.17, 15) is 9.18 Å². The van der Waals surface area contributed by atoms with E-state index in [2.05, 4.69) is 15.2 Å². The van der Waals surface area contributed by atoms with E-state index in [-0.39, 0.29) is 23.5 Å². The van der Waals surface area contributed by atoms with E-state index in [4.69, 9.17) is 0 Å². The van der Waals surface area contributed by atoms with Gasteiger partial charge in [-0.15, -0.1) is 5.10 Å². The molecule has 1 heterocycles. The molecule has 0 saturated heterocycles. The van der Waals surface area contributed by atoms with Gasteiger partial charge in [-0.05, 0) is 48.7 Å². The number of carbonyl (C=O) groups is 1. The molecule has 4 rings (SSSR count). The first-order valence-corrected chi connectivity index (χ1v) is 11.5. The number of carbonyl (C=O) groups excluding carboxylic acids is 1. The van der Waals surface area contributed by atoms with E-state index in [1.807, 2.05) is 41.3 Å². The summed E-state index contributed by atoms with van der Waals surface area (Å²) in [7, 11) is 0. The van der Waals surface area contributed by atoms with Crippen LogP contribution in [0.25, 0.3) is 12.2 Å². The molecule has 0 atom stereocenters. The van der Waals surface area contributed by atoms with Gasteiger partial charge in [-0.3, -0.25) is 9.89 Å². The van der Waals surface area contributed by atoms with Crippen molar-refractivity contribution in [1.82, 2.24) is 15.2 Å². The van der Waals surface area contributed by atoms with E-state index >= 15 is 0 Å². The smallest absolute Gasteiger partial charge is 0.237 e. The van der Waals surface area contributed by atoms with Crippen molar-refractivity contribution < 1.29 is 9.18 Å². The largest absolute Gasteiger partial charge is 0.309 e. The molecule has 0 spiro atoms. The number of hydrogen-bond acceptors (Lipinski definition) is 4. The molecule has 1 aliphatic rings. The maximum Gasteiger partial charge on any atom is 0.237 e. The normalized spacial score (nSPS) is 14.7. The third-order valence-corrected chi connectivity index (χ3v) is 6.19. The Morgan fingerprint density at radius 3 is 2.55 bits per heavy atom. The maximum absolute atomic E-state index is 13.2. The molecular formula is C24H25FN4OS. The van der Waals surface area contributed by atoms with Crippen LogP contribution in [0.5, 0.6) is 0 Å². The van der Waals surface area contributed by atoms with Crippen molar-refractivity contribution in [2.75, 3.05) is 10.7 Å². The number of hydrogen-bond donors (Lipinski definition) is 1. The number of rotatable bonds is 7. The zero-order chi connectivity index (χ0) is 21.5. The summed E-state index contributed by atoms with van der Waals surface area (Å²) in [4.78, 5) is 19.5. The summed E-state index contributed by atoms with van der Waals surface area (Å²) in [6.07, 6.45) is 9.28. The van der Waals surface area contributed by atoms with Gasteiger partial charge in [0.1, 0.15) is 11.6 Å². The average molecular weight is 437 g/mol. The molecule has 1 N–H and O–H groups in total. The Morgan fingerprint density at radius 2 is 1.81 bits per heavy atom. The lowest BCUT2D eigenvalue weighted by Crippen LogP contribution is -2.42. The van der Waals surface area contributed by atoms with Crippen LogP contribution in [0, 0.1) is 5.82 Å². The molecule has 1 fully saturated rings. The standard InChI is InChI=1S/C24H25FN4OS/c25-19-14-11-18(12-15-19)13-16-22-26-24(28-27-22)31-17-23(30)29(20-7-3-1-4-8-20)21-9-5-2-6-10-21/h1,3-4,7-8,11-16,21H,2,5-6,9-10,17H2,(H,26,27,28)/b16-13+. The second-order valence-corrected chi connectivity index (χ2v) is 8.51. The number of benzene rings is 2. The molecule has 3 aromatic rings. The highest BCUT2D eigenvalue weighted by molar-refractivity contribution is 7.99. The Hall–Kier alpha value is -2.93. The highest BCUT2D eigenvalue weighted by Gasteiger charge is 2.27. The first kappa shape index (κ1) is 21.3. The first-order valence-electron chi connectivity index (χ1n) is 10.5. The molecule has 1 amide bonds. The number of para-hydroxylation sites is 1. The van der Waals surface area contributed by atoms with E-state index < -0.39 is 0 Å². The molecule has 1 aliphatic carbocycles. The van der Waals surface area contributed by atoms with Crippen molar-refractivity contribution in [2.24, 2.45) is 0 Å². The summed E-state index contributed by atoms with van der Waals surface area (Å²) < 4.78 is 13.0. The Labute approximate surface area is 185 Å². The van der Waals surface area contributed by atoms with E-state index in [0.717, 1.165) is 24.1 Å². The van der Waals surface area contributed by atoms with E-state index in [0.29, 0.717) is 11.0 Å². The van der Waals surface area contributed by atoms with Crippen LogP contribution in [-0.4, -0.2) is 32.9 Å². The van der Waals surface area contributed by atoms with E-state index in [1.54, 1.807) is 18.2 Å². The van der Waals surface area contributed by atoms with E-state index in [1.165, 1.54) is 43.2 Å². The quantitative estimate of drug-likeness (QED) is 0.492. The van der Waals surface area contributed by atoms with Gasteiger partial charge >= 0.3 is 0 Å². The summed E-state index contributed by atoms with van der Waals surface area (Å²) in [5.74, 6) is 0.686. The van der Waals surface area contributed by atoms with Crippen LogP contribution in [0.2, 0.25) is 0 Å². The van der Waals surface area contributed by atoms with Crippen LogP contribution < -0.4 is 4.90 Å². The van der Waals surface area contributed by atoms with Gasteiger partial charge in [0.25, 0.3) is 0 Å². The molecule has 0 aliphatic heterocycles. The summed E-state index contributed by atoms with van der Waals surface area (Å²) in [6, 6.07) is 16.4. The van der Waals surface area contributed by atoms with Gasteiger partial charge in [0.05, 0.1) is 5.75 Å². The zero-order valence-corrected chi connectivity index (χ0v) is 18.0. The molecule has 5 nitrogen and oxygen atoms in total. The molecule has 0 bridgehead atoms. The minimum Gasteiger partial charge on any atom is -0.309 e. The number of nitrogens with zero attached hydrogens (tertiary/aromatic N) is 3. The van der Waals surface area contributed by atoms with Crippen LogP contribution >= 0.6 is 11.8 Å². The Morgan fingerprint density at radius 1 is 1.06 bits per heavy atom. The lowest BCUT2D eigenvalue weighted by atomic mass is 9.93. The molecule has 1 saturated carbocycles. The molecule has 31 heavy (non-hydrogen) atoms. The van der Waals surface area contributed by atoms with Crippen LogP contribution in [0.3, 0.4) is 0 Å². The number of thioether (sulfide) groups is 1. The number of amides is 1. The van der Waals surface area contributed by atoms with Gasteiger partial charge in [0.15, 0.2) is 0 Å². The van der Waals surface area contributed by atoms with Crippen molar-refractivity contribution in [3.05, 3.63) is 71.8 Å². The van der Waals surface area contributed by atoms with Crippen LogP contribution in [-0.2, 0) is 4.79 Å². The molecule has 2 aromatic carbocycles. The molecule has 0 unspecified atom stereocenters.